The van der Waals surface area contributed by atoms with Crippen molar-refractivity contribution in [2.24, 2.45) is 5.92 Å². The molecule has 1 saturated heterocycles. The zero-order valence-corrected chi connectivity index (χ0v) is 28.3. The number of likely N-dealkylation sites (tertiary alicyclic amines) is 1. The summed E-state index contributed by atoms with van der Waals surface area (Å²) in [6.45, 7) is 5.34. The molecule has 3 aromatic rings. The molecule has 0 spiro atoms. The lowest BCUT2D eigenvalue weighted by atomic mass is 9.79. The lowest BCUT2D eigenvalue weighted by molar-refractivity contribution is -0.384. The number of carbonyl (C=O) groups excluding carboxylic acids is 2. The van der Waals surface area contributed by atoms with Gasteiger partial charge in [-0.05, 0) is 87.1 Å². The third kappa shape index (κ3) is 8.37. The van der Waals surface area contributed by atoms with Gasteiger partial charge in [-0.3, -0.25) is 14.9 Å². The van der Waals surface area contributed by atoms with E-state index < -0.39 is 56.5 Å². The minimum absolute atomic E-state index is 0.0980. The van der Waals surface area contributed by atoms with Crippen LogP contribution in [0, 0.1) is 33.2 Å². The number of urea groups is 1. The maximum Gasteiger partial charge on any atom is 0.322 e. The Kier molecular flexibility index (Phi) is 10.6. The van der Waals surface area contributed by atoms with E-state index in [-0.39, 0.29) is 30.0 Å². The van der Waals surface area contributed by atoms with Crippen LogP contribution < -0.4 is 15.4 Å². The number of halogens is 1. The van der Waals surface area contributed by atoms with Gasteiger partial charge in [-0.15, -0.1) is 4.72 Å². The van der Waals surface area contributed by atoms with Gasteiger partial charge in [0.2, 0.25) is 5.91 Å². The molecule has 3 amide bonds. The van der Waals surface area contributed by atoms with Gasteiger partial charge in [0.1, 0.15) is 22.1 Å². The Balaban J connectivity index is 1.46. The van der Waals surface area contributed by atoms with Crippen molar-refractivity contribution >= 4 is 40.4 Å². The zero-order chi connectivity index (χ0) is 35.5. The van der Waals surface area contributed by atoms with Crippen LogP contribution in [0.15, 0.2) is 66.7 Å². The van der Waals surface area contributed by atoms with Gasteiger partial charge in [0, 0.05) is 42.1 Å². The Morgan fingerprint density at radius 3 is 2.41 bits per heavy atom. The molecule has 0 bridgehead atoms. The molecule has 1 aliphatic heterocycles. The van der Waals surface area contributed by atoms with Crippen LogP contribution in [0.1, 0.15) is 69.6 Å². The van der Waals surface area contributed by atoms with Crippen molar-refractivity contribution in [2.75, 3.05) is 17.2 Å². The third-order valence-electron chi connectivity index (χ3n) is 8.82. The number of hydrogen-bond acceptors (Lipinski definition) is 8. The van der Waals surface area contributed by atoms with Crippen LogP contribution in [-0.2, 0) is 21.7 Å². The number of nitro groups is 1. The summed E-state index contributed by atoms with van der Waals surface area (Å²) in [5.74, 6) is -0.982. The number of carbonyl (C=O) groups is 2. The fourth-order valence-corrected chi connectivity index (χ4v) is 6.83. The molecule has 2 aliphatic rings. The Morgan fingerprint density at radius 2 is 1.78 bits per heavy atom. The molecular formula is C35H39FN6O6S. The molecule has 49 heavy (non-hydrogen) atoms. The monoisotopic (exact) mass is 690 g/mol. The third-order valence-corrected chi connectivity index (χ3v) is 10.5. The molecule has 258 valence electrons. The highest BCUT2D eigenvalue weighted by Gasteiger charge is 2.44. The first-order chi connectivity index (χ1) is 23.2. The van der Waals surface area contributed by atoms with E-state index in [2.05, 4.69) is 21.4 Å². The predicted molar refractivity (Wildman–Crippen MR) is 183 cm³/mol. The largest absolute Gasteiger partial charge is 0.598 e. The predicted octanol–water partition coefficient (Wildman–Crippen LogP) is 5.70. The Hall–Kier alpha value is -4.55. The number of amides is 3. The summed E-state index contributed by atoms with van der Waals surface area (Å²) in [6, 6.07) is 16.7. The van der Waals surface area contributed by atoms with E-state index in [9.17, 15) is 34.6 Å². The topological polar surface area (TPSA) is 184 Å². The number of non-ortho nitro benzene ring substituents is 1. The molecule has 12 nitrogen and oxygen atoms in total. The molecule has 0 aromatic heterocycles. The van der Waals surface area contributed by atoms with Gasteiger partial charge in [-0.25, -0.2) is 9.18 Å². The molecule has 4 atom stereocenters. The van der Waals surface area contributed by atoms with Gasteiger partial charge in [0.05, 0.1) is 28.3 Å². The van der Waals surface area contributed by atoms with Gasteiger partial charge in [0.25, 0.3) is 5.69 Å². The van der Waals surface area contributed by atoms with Crippen molar-refractivity contribution in [3.05, 3.63) is 99.4 Å². The summed E-state index contributed by atoms with van der Waals surface area (Å²) in [5, 5.41) is 36.3. The molecule has 14 heteroatoms. The normalized spacial score (nSPS) is 19.4. The number of nitro benzene ring substituents is 1. The van der Waals surface area contributed by atoms with E-state index in [1.807, 2.05) is 26.8 Å². The van der Waals surface area contributed by atoms with E-state index in [0.29, 0.717) is 29.0 Å². The summed E-state index contributed by atoms with van der Waals surface area (Å²) >= 11 is -1.60. The molecule has 0 radical (unpaired) electrons. The van der Waals surface area contributed by atoms with Gasteiger partial charge in [0.15, 0.2) is 0 Å². The molecule has 5 rings (SSSR count). The summed E-state index contributed by atoms with van der Waals surface area (Å²) in [7, 11) is 0. The van der Waals surface area contributed by atoms with E-state index in [0.717, 1.165) is 24.2 Å². The molecule has 2 fully saturated rings. The molecule has 4 N–H and O–H groups in total. The Bertz CT molecular complexity index is 1760. The number of benzene rings is 3. The van der Waals surface area contributed by atoms with E-state index >= 15 is 4.39 Å². The van der Waals surface area contributed by atoms with E-state index in [1.54, 1.807) is 24.3 Å². The average molecular weight is 691 g/mol. The summed E-state index contributed by atoms with van der Waals surface area (Å²) < 4.78 is 31.9. The number of nitrogens with zero attached hydrogens (tertiary/aromatic N) is 3. The first kappa shape index (κ1) is 35.7. The van der Waals surface area contributed by atoms with Crippen LogP contribution in [-0.4, -0.2) is 54.9 Å². The number of aliphatic hydroxyl groups is 1. The van der Waals surface area contributed by atoms with E-state index in [4.69, 9.17) is 0 Å². The molecular weight excluding hydrogens is 651 g/mol. The molecule has 3 aromatic carbocycles. The number of nitriles is 1. The first-order valence-electron chi connectivity index (χ1n) is 16.0. The second-order valence-electron chi connectivity index (χ2n) is 13.5. The zero-order valence-electron chi connectivity index (χ0n) is 27.4. The van der Waals surface area contributed by atoms with Crippen molar-refractivity contribution in [2.45, 2.75) is 75.3 Å². The van der Waals surface area contributed by atoms with Gasteiger partial charge in [-0.1, -0.05) is 31.0 Å². The van der Waals surface area contributed by atoms with E-state index in [1.165, 1.54) is 36.4 Å². The molecule has 1 saturated carbocycles. The molecule has 1 unspecified atom stereocenters. The number of nitrogens with one attached hydrogen (secondary N) is 3. The van der Waals surface area contributed by atoms with Gasteiger partial charge >= 0.3 is 6.03 Å². The van der Waals surface area contributed by atoms with Crippen LogP contribution in [0.25, 0.3) is 0 Å². The SMILES string of the molecule is CC(C)(C)[S@@+]([O-])NC(CCC1CC1)(c1cccc(C#N)c1)c1ccc(F)c(NC(=O)[C@H]2C[C@@H](O)CN2C(=O)Nc2ccc([N+](=O)[O-])cc2)c1. The number of hydrogen-bond donors (Lipinski definition) is 4. The highest BCUT2D eigenvalue weighted by Crippen LogP contribution is 2.43. The number of β-amino-alcohol motifs (C(OH)–C–C–N with tert-alkyl or cyclic N) is 1. The van der Waals surface area contributed by atoms with Crippen molar-refractivity contribution < 1.29 is 28.6 Å². The minimum atomic E-state index is -1.60. The van der Waals surface area contributed by atoms with Crippen LogP contribution in [0.4, 0.5) is 26.2 Å². The Morgan fingerprint density at radius 1 is 1.08 bits per heavy atom. The lowest BCUT2D eigenvalue weighted by Crippen LogP contribution is -2.52. The maximum atomic E-state index is 15.5. The standard InChI is InChI=1S/C35H39FN6O6S/c1-34(2,3)49(48)40-35(16-15-22-7-8-22,24-6-4-5-23(17-24)20-37)25-9-14-29(36)30(18-25)39-32(44)31-19-28(43)21-41(31)33(45)38-26-10-12-27(13-11-26)42(46)47/h4-6,9-14,17-18,22,28,31,40,43H,7-8,15-16,19,21H2,1-3H3,(H,38,45)(H,39,44)/t28-,31-,35?,49-/m1/s1. The van der Waals surface area contributed by atoms with Crippen LogP contribution >= 0.6 is 0 Å². The number of rotatable bonds is 11. The van der Waals surface area contributed by atoms with Crippen LogP contribution in [0.3, 0.4) is 0 Å². The summed E-state index contributed by atoms with van der Waals surface area (Å²) in [4.78, 5) is 38.4. The highest BCUT2D eigenvalue weighted by atomic mass is 32.2. The Labute approximate surface area is 287 Å². The number of anilines is 2. The van der Waals surface area contributed by atoms with Crippen LogP contribution in [0.5, 0.6) is 0 Å². The van der Waals surface area contributed by atoms with Crippen molar-refractivity contribution in [3.63, 3.8) is 0 Å². The van der Waals surface area contributed by atoms with Crippen LogP contribution in [0.2, 0.25) is 0 Å². The molecule has 1 heterocycles. The second kappa shape index (κ2) is 14.5. The second-order valence-corrected chi connectivity index (χ2v) is 15.5. The van der Waals surface area contributed by atoms with Gasteiger partial charge < -0.3 is 25.2 Å². The quantitative estimate of drug-likeness (QED) is 0.112. The number of aliphatic hydroxyl groups excluding tert-OH is 1. The van der Waals surface area contributed by atoms with Gasteiger partial charge in [-0.2, -0.15) is 5.26 Å². The smallest absolute Gasteiger partial charge is 0.322 e. The summed E-state index contributed by atoms with van der Waals surface area (Å²) in [6.07, 6.45) is 2.29. The molecule has 1 aliphatic carbocycles. The van der Waals surface area contributed by atoms with Crippen molar-refractivity contribution in [1.82, 2.24) is 9.62 Å². The fourth-order valence-electron chi connectivity index (χ4n) is 5.87. The summed E-state index contributed by atoms with van der Waals surface area (Å²) in [5.41, 5.74) is 0.386. The van der Waals surface area contributed by atoms with Crippen molar-refractivity contribution in [1.29, 1.82) is 5.26 Å². The lowest BCUT2D eigenvalue weighted by Gasteiger charge is -2.39. The first-order valence-corrected chi connectivity index (χ1v) is 17.2. The minimum Gasteiger partial charge on any atom is -0.598 e. The highest BCUT2D eigenvalue weighted by molar-refractivity contribution is 7.90. The average Bonchev–Trinajstić information content (AvgIpc) is 3.82. The fraction of sp³-hybridized carbons (Fsp3) is 0.400. The van der Waals surface area contributed by atoms with Crippen molar-refractivity contribution in [3.8, 4) is 6.07 Å². The maximum absolute atomic E-state index is 15.5.